The third kappa shape index (κ3) is 6.38. The summed E-state index contributed by atoms with van der Waals surface area (Å²) in [4.78, 5) is 29.1. The normalized spacial score (nSPS) is 14.6. The van der Waals surface area contributed by atoms with E-state index < -0.39 is 11.7 Å². The zero-order valence-corrected chi connectivity index (χ0v) is 18.7. The minimum Gasteiger partial charge on any atom is -0.497 e. The average Bonchev–Trinajstić information content (AvgIpc) is 2.99. The van der Waals surface area contributed by atoms with E-state index in [2.05, 4.69) is 10.2 Å². The number of amides is 2. The van der Waals surface area contributed by atoms with Crippen molar-refractivity contribution in [2.75, 3.05) is 43.5 Å². The SMILES string of the molecule is COc1ccc(N2CCCN(C(=O)c3ccc(NC(=O)OC(C)(C)C)cc3)CC2)cc1. The summed E-state index contributed by atoms with van der Waals surface area (Å²) in [5, 5.41) is 2.68. The van der Waals surface area contributed by atoms with E-state index in [4.69, 9.17) is 9.47 Å². The van der Waals surface area contributed by atoms with E-state index >= 15 is 0 Å². The van der Waals surface area contributed by atoms with Crippen LogP contribution in [-0.4, -0.2) is 55.8 Å². The van der Waals surface area contributed by atoms with Gasteiger partial charge in [0.1, 0.15) is 11.4 Å². The predicted octanol–water partition coefficient (Wildman–Crippen LogP) is 4.39. The van der Waals surface area contributed by atoms with E-state index in [1.807, 2.05) is 49.9 Å². The van der Waals surface area contributed by atoms with Crippen LogP contribution in [0.25, 0.3) is 0 Å². The van der Waals surface area contributed by atoms with Crippen LogP contribution >= 0.6 is 0 Å². The summed E-state index contributed by atoms with van der Waals surface area (Å²) in [7, 11) is 1.66. The molecule has 166 valence electrons. The number of nitrogens with one attached hydrogen (secondary N) is 1. The van der Waals surface area contributed by atoms with Crippen molar-refractivity contribution in [3.8, 4) is 5.75 Å². The number of ether oxygens (including phenoxy) is 2. The molecule has 1 aliphatic heterocycles. The molecule has 2 amide bonds. The summed E-state index contributed by atoms with van der Waals surface area (Å²) in [5.41, 5.74) is 1.76. The quantitative estimate of drug-likeness (QED) is 0.786. The number of hydrogen-bond acceptors (Lipinski definition) is 5. The predicted molar refractivity (Wildman–Crippen MR) is 122 cm³/mol. The second-order valence-electron chi connectivity index (χ2n) is 8.54. The molecule has 0 radical (unpaired) electrons. The highest BCUT2D eigenvalue weighted by Crippen LogP contribution is 2.21. The fourth-order valence-corrected chi connectivity index (χ4v) is 3.47. The van der Waals surface area contributed by atoms with Crippen molar-refractivity contribution in [3.63, 3.8) is 0 Å². The molecular formula is C24H31N3O4. The number of carbonyl (C=O) groups excluding carboxylic acids is 2. The fourth-order valence-electron chi connectivity index (χ4n) is 3.47. The van der Waals surface area contributed by atoms with Crippen molar-refractivity contribution in [1.82, 2.24) is 4.90 Å². The van der Waals surface area contributed by atoms with E-state index in [-0.39, 0.29) is 5.91 Å². The number of benzene rings is 2. The van der Waals surface area contributed by atoms with Gasteiger partial charge in [-0.2, -0.15) is 0 Å². The van der Waals surface area contributed by atoms with Crippen LogP contribution in [0, 0.1) is 0 Å². The molecular weight excluding hydrogens is 394 g/mol. The first-order chi connectivity index (χ1) is 14.7. The third-order valence-electron chi connectivity index (χ3n) is 5.00. The van der Waals surface area contributed by atoms with Gasteiger partial charge in [-0.1, -0.05) is 0 Å². The molecule has 2 aromatic carbocycles. The zero-order chi connectivity index (χ0) is 22.4. The molecule has 31 heavy (non-hydrogen) atoms. The van der Waals surface area contributed by atoms with Crippen LogP contribution in [0.1, 0.15) is 37.6 Å². The lowest BCUT2D eigenvalue weighted by Crippen LogP contribution is -2.35. The van der Waals surface area contributed by atoms with Gasteiger partial charge in [0, 0.05) is 43.1 Å². The van der Waals surface area contributed by atoms with Gasteiger partial charge in [0.2, 0.25) is 0 Å². The summed E-state index contributed by atoms with van der Waals surface area (Å²) >= 11 is 0. The Balaban J connectivity index is 1.57. The highest BCUT2D eigenvalue weighted by atomic mass is 16.6. The van der Waals surface area contributed by atoms with Crippen LogP contribution in [0.2, 0.25) is 0 Å². The lowest BCUT2D eigenvalue weighted by atomic mass is 10.1. The zero-order valence-electron chi connectivity index (χ0n) is 18.7. The van der Waals surface area contributed by atoms with Crippen molar-refractivity contribution >= 4 is 23.4 Å². The van der Waals surface area contributed by atoms with Crippen LogP contribution < -0.4 is 15.0 Å². The summed E-state index contributed by atoms with van der Waals surface area (Å²) in [6.07, 6.45) is 0.383. The molecule has 0 aromatic heterocycles. The first-order valence-electron chi connectivity index (χ1n) is 10.5. The maximum atomic E-state index is 13.0. The summed E-state index contributed by atoms with van der Waals surface area (Å²) in [6, 6.07) is 14.9. The minimum atomic E-state index is -0.563. The standard InChI is InChI=1S/C24H31N3O4/c1-24(2,3)31-23(29)25-19-8-6-18(7-9-19)22(28)27-15-5-14-26(16-17-27)20-10-12-21(30-4)13-11-20/h6-13H,5,14-17H2,1-4H3,(H,25,29). The molecule has 1 aliphatic rings. The molecule has 0 saturated carbocycles. The fraction of sp³-hybridized carbons (Fsp3) is 0.417. The monoisotopic (exact) mass is 425 g/mol. The van der Waals surface area contributed by atoms with Crippen LogP contribution in [0.15, 0.2) is 48.5 Å². The first kappa shape index (κ1) is 22.5. The number of methoxy groups -OCH3 is 1. The topological polar surface area (TPSA) is 71.1 Å². The third-order valence-corrected chi connectivity index (χ3v) is 5.00. The van der Waals surface area contributed by atoms with Crippen LogP contribution in [0.5, 0.6) is 5.75 Å². The highest BCUT2D eigenvalue weighted by Gasteiger charge is 2.21. The Morgan fingerprint density at radius 1 is 0.903 bits per heavy atom. The Kier molecular flexibility index (Phi) is 7.05. The molecule has 1 saturated heterocycles. The van der Waals surface area contributed by atoms with E-state index in [0.29, 0.717) is 24.3 Å². The molecule has 0 spiro atoms. The van der Waals surface area contributed by atoms with Gasteiger partial charge < -0.3 is 19.3 Å². The number of rotatable bonds is 4. The van der Waals surface area contributed by atoms with Crippen molar-refractivity contribution in [2.45, 2.75) is 32.8 Å². The average molecular weight is 426 g/mol. The second-order valence-corrected chi connectivity index (χ2v) is 8.54. The summed E-state index contributed by atoms with van der Waals surface area (Å²) in [5.74, 6) is 0.834. The van der Waals surface area contributed by atoms with Gasteiger partial charge in [-0.15, -0.1) is 0 Å². The summed E-state index contributed by atoms with van der Waals surface area (Å²) in [6.45, 7) is 8.47. The smallest absolute Gasteiger partial charge is 0.412 e. The molecule has 3 rings (SSSR count). The van der Waals surface area contributed by atoms with Crippen LogP contribution in [0.4, 0.5) is 16.2 Å². The lowest BCUT2D eigenvalue weighted by Gasteiger charge is -2.24. The van der Waals surface area contributed by atoms with Gasteiger partial charge in [-0.05, 0) is 75.7 Å². The molecule has 1 heterocycles. The van der Waals surface area contributed by atoms with E-state index in [1.54, 1.807) is 31.4 Å². The van der Waals surface area contributed by atoms with Gasteiger partial charge in [-0.25, -0.2) is 4.79 Å². The molecule has 1 fully saturated rings. The van der Waals surface area contributed by atoms with Crippen LogP contribution in [-0.2, 0) is 4.74 Å². The Labute approximate surface area is 183 Å². The molecule has 2 aromatic rings. The van der Waals surface area contributed by atoms with Gasteiger partial charge in [-0.3, -0.25) is 10.1 Å². The van der Waals surface area contributed by atoms with Crippen molar-refractivity contribution in [3.05, 3.63) is 54.1 Å². The molecule has 7 nitrogen and oxygen atoms in total. The van der Waals surface area contributed by atoms with E-state index in [1.165, 1.54) is 0 Å². The van der Waals surface area contributed by atoms with Gasteiger partial charge in [0.15, 0.2) is 0 Å². The molecule has 7 heteroatoms. The number of nitrogens with zero attached hydrogens (tertiary/aromatic N) is 2. The first-order valence-corrected chi connectivity index (χ1v) is 10.5. The molecule has 0 bridgehead atoms. The maximum Gasteiger partial charge on any atom is 0.412 e. The maximum absolute atomic E-state index is 13.0. The highest BCUT2D eigenvalue weighted by molar-refractivity contribution is 5.95. The minimum absolute atomic E-state index is 0.000369. The Morgan fingerprint density at radius 2 is 1.58 bits per heavy atom. The molecule has 0 aliphatic carbocycles. The summed E-state index contributed by atoms with van der Waals surface area (Å²) < 4.78 is 10.5. The second kappa shape index (κ2) is 9.73. The van der Waals surface area contributed by atoms with Gasteiger partial charge in [0.05, 0.1) is 7.11 Å². The van der Waals surface area contributed by atoms with Gasteiger partial charge >= 0.3 is 6.09 Å². The Bertz CT molecular complexity index is 889. The largest absolute Gasteiger partial charge is 0.497 e. The Hall–Kier alpha value is -3.22. The van der Waals surface area contributed by atoms with Crippen LogP contribution in [0.3, 0.4) is 0 Å². The number of carbonyl (C=O) groups is 2. The molecule has 1 N–H and O–H groups in total. The van der Waals surface area contributed by atoms with E-state index in [0.717, 1.165) is 30.9 Å². The number of hydrogen-bond donors (Lipinski definition) is 1. The molecule has 0 unspecified atom stereocenters. The Morgan fingerprint density at radius 3 is 2.19 bits per heavy atom. The number of anilines is 2. The van der Waals surface area contributed by atoms with Crippen molar-refractivity contribution in [1.29, 1.82) is 0 Å². The van der Waals surface area contributed by atoms with Crippen molar-refractivity contribution in [2.24, 2.45) is 0 Å². The van der Waals surface area contributed by atoms with E-state index in [9.17, 15) is 9.59 Å². The van der Waals surface area contributed by atoms with Crippen molar-refractivity contribution < 1.29 is 19.1 Å². The van der Waals surface area contributed by atoms with Gasteiger partial charge in [0.25, 0.3) is 5.91 Å². The molecule has 0 atom stereocenters. The lowest BCUT2D eigenvalue weighted by molar-refractivity contribution is 0.0635.